The molecule has 0 fully saturated rings. The lowest BCUT2D eigenvalue weighted by Crippen LogP contribution is -2.29. The molecular formula is C13H11F4NO2. The van der Waals surface area contributed by atoms with Crippen LogP contribution in [0.2, 0.25) is 0 Å². The first-order chi connectivity index (χ1) is 9.21. The van der Waals surface area contributed by atoms with Crippen LogP contribution in [-0.4, -0.2) is 17.1 Å². The molecule has 1 rings (SSSR count). The second kappa shape index (κ2) is 6.39. The lowest BCUT2D eigenvalue weighted by molar-refractivity contribution is -0.140. The Morgan fingerprint density at radius 2 is 2.05 bits per heavy atom. The van der Waals surface area contributed by atoms with Gasteiger partial charge in [0.1, 0.15) is 11.9 Å². The number of benzene rings is 1. The second-order valence-corrected chi connectivity index (χ2v) is 3.98. The van der Waals surface area contributed by atoms with Crippen molar-refractivity contribution in [2.24, 2.45) is 5.73 Å². The number of hydrogen-bond acceptors (Lipinski definition) is 2. The van der Waals surface area contributed by atoms with Crippen LogP contribution >= 0.6 is 0 Å². The van der Waals surface area contributed by atoms with E-state index in [0.29, 0.717) is 12.1 Å². The van der Waals surface area contributed by atoms with Crippen LogP contribution in [0.5, 0.6) is 0 Å². The summed E-state index contributed by atoms with van der Waals surface area (Å²) in [6, 6.07) is 1.35. The Balaban J connectivity index is 2.78. The topological polar surface area (TPSA) is 63.3 Å². The number of rotatable bonds is 3. The largest absolute Gasteiger partial charge is 0.480 e. The summed E-state index contributed by atoms with van der Waals surface area (Å²) >= 11 is 0. The van der Waals surface area contributed by atoms with Gasteiger partial charge in [0.05, 0.1) is 5.56 Å². The van der Waals surface area contributed by atoms with Crippen molar-refractivity contribution in [3.8, 4) is 11.8 Å². The average molecular weight is 289 g/mol. The van der Waals surface area contributed by atoms with Crippen molar-refractivity contribution in [1.29, 1.82) is 0 Å². The van der Waals surface area contributed by atoms with E-state index in [2.05, 4.69) is 11.8 Å². The molecule has 0 bridgehead atoms. The average Bonchev–Trinajstić information content (AvgIpc) is 2.34. The summed E-state index contributed by atoms with van der Waals surface area (Å²) in [7, 11) is 0. The summed E-state index contributed by atoms with van der Waals surface area (Å²) in [5.41, 5.74) is 3.85. The highest BCUT2D eigenvalue weighted by Crippen LogP contribution is 2.31. The zero-order chi connectivity index (χ0) is 15.3. The van der Waals surface area contributed by atoms with Crippen molar-refractivity contribution in [3.63, 3.8) is 0 Å². The number of hydrogen-bond donors (Lipinski definition) is 2. The third kappa shape index (κ3) is 4.55. The van der Waals surface area contributed by atoms with E-state index in [1.165, 1.54) is 0 Å². The first-order valence-electron chi connectivity index (χ1n) is 5.56. The summed E-state index contributed by atoms with van der Waals surface area (Å²) in [5.74, 6) is 2.38. The van der Waals surface area contributed by atoms with Gasteiger partial charge in [0.15, 0.2) is 0 Å². The molecule has 3 nitrogen and oxygen atoms in total. The van der Waals surface area contributed by atoms with Crippen LogP contribution < -0.4 is 5.73 Å². The first-order valence-corrected chi connectivity index (χ1v) is 5.56. The molecule has 7 heteroatoms. The molecule has 3 N–H and O–H groups in total. The van der Waals surface area contributed by atoms with E-state index in [4.69, 9.17) is 10.8 Å². The molecule has 0 unspecified atom stereocenters. The smallest absolute Gasteiger partial charge is 0.419 e. The van der Waals surface area contributed by atoms with E-state index in [-0.39, 0.29) is 18.4 Å². The molecule has 1 atom stereocenters. The highest BCUT2D eigenvalue weighted by Gasteiger charge is 2.34. The van der Waals surface area contributed by atoms with Gasteiger partial charge in [-0.2, -0.15) is 13.2 Å². The normalized spacial score (nSPS) is 12.4. The van der Waals surface area contributed by atoms with Gasteiger partial charge in [-0.3, -0.25) is 4.79 Å². The third-order valence-corrected chi connectivity index (χ3v) is 2.40. The summed E-state index contributed by atoms with van der Waals surface area (Å²) in [6.45, 7) is 0. The molecule has 0 aliphatic heterocycles. The zero-order valence-corrected chi connectivity index (χ0v) is 10.2. The number of carboxylic acids is 1. The Kier molecular flexibility index (Phi) is 5.11. The third-order valence-electron chi connectivity index (χ3n) is 2.40. The van der Waals surface area contributed by atoms with Gasteiger partial charge in [0.25, 0.3) is 0 Å². The molecule has 0 amide bonds. The molecule has 0 saturated carbocycles. The SMILES string of the molecule is N[C@@H](CCC#Cc1ccc(F)c(C(F)(F)F)c1)C(=O)O. The van der Waals surface area contributed by atoms with Crippen LogP contribution in [-0.2, 0) is 11.0 Å². The molecule has 20 heavy (non-hydrogen) atoms. The standard InChI is InChI=1S/C13H11F4NO2/c14-10-6-5-8(7-9(10)13(15,16)17)3-1-2-4-11(18)12(19)20/h5-7,11H,2,4,18H2,(H,19,20)/t11-/m0/s1. The van der Waals surface area contributed by atoms with Gasteiger partial charge < -0.3 is 10.8 Å². The Morgan fingerprint density at radius 1 is 1.40 bits per heavy atom. The van der Waals surface area contributed by atoms with Gasteiger partial charge in [-0.1, -0.05) is 11.8 Å². The first kappa shape index (κ1) is 16.0. The van der Waals surface area contributed by atoms with Gasteiger partial charge >= 0.3 is 12.1 Å². The maximum Gasteiger partial charge on any atom is 0.419 e. The summed E-state index contributed by atoms with van der Waals surface area (Å²) < 4.78 is 50.3. The van der Waals surface area contributed by atoms with E-state index in [0.717, 1.165) is 6.07 Å². The lowest BCUT2D eigenvalue weighted by Gasteiger charge is -2.07. The molecule has 1 aromatic carbocycles. The molecule has 108 valence electrons. The van der Waals surface area contributed by atoms with Crippen molar-refractivity contribution in [1.82, 2.24) is 0 Å². The maximum atomic E-state index is 13.0. The number of aliphatic carboxylic acids is 1. The maximum absolute atomic E-state index is 13.0. The predicted molar refractivity (Wildman–Crippen MR) is 63.1 cm³/mol. The van der Waals surface area contributed by atoms with Gasteiger partial charge in [-0.25, -0.2) is 4.39 Å². The second-order valence-electron chi connectivity index (χ2n) is 3.98. The van der Waals surface area contributed by atoms with Gasteiger partial charge in [0.2, 0.25) is 0 Å². The van der Waals surface area contributed by atoms with Crippen molar-refractivity contribution in [2.45, 2.75) is 25.1 Å². The van der Waals surface area contributed by atoms with E-state index in [1.807, 2.05) is 0 Å². The molecule has 0 heterocycles. The van der Waals surface area contributed by atoms with E-state index in [1.54, 1.807) is 0 Å². The minimum Gasteiger partial charge on any atom is -0.480 e. The zero-order valence-electron chi connectivity index (χ0n) is 10.2. The Morgan fingerprint density at radius 3 is 2.60 bits per heavy atom. The Labute approximate surface area is 112 Å². The number of carboxylic acid groups (broad SMARTS) is 1. The quantitative estimate of drug-likeness (QED) is 0.663. The highest BCUT2D eigenvalue weighted by atomic mass is 19.4. The minimum atomic E-state index is -4.78. The van der Waals surface area contributed by atoms with Crippen molar-refractivity contribution < 1.29 is 27.5 Å². The lowest BCUT2D eigenvalue weighted by atomic mass is 10.1. The fraction of sp³-hybridized carbons (Fsp3) is 0.308. The van der Waals surface area contributed by atoms with Gasteiger partial charge in [-0.15, -0.1) is 0 Å². The van der Waals surface area contributed by atoms with Crippen LogP contribution in [0.1, 0.15) is 24.0 Å². The summed E-state index contributed by atoms with van der Waals surface area (Å²) in [5, 5.41) is 8.51. The predicted octanol–water partition coefficient (Wildman–Crippen LogP) is 2.39. The van der Waals surface area contributed by atoms with Crippen molar-refractivity contribution >= 4 is 5.97 Å². The summed E-state index contributed by atoms with van der Waals surface area (Å²) in [4.78, 5) is 10.4. The fourth-order valence-electron chi connectivity index (χ4n) is 1.34. The van der Waals surface area contributed by atoms with Crippen LogP contribution in [0.4, 0.5) is 17.6 Å². The van der Waals surface area contributed by atoms with Crippen LogP contribution in [0.25, 0.3) is 0 Å². The van der Waals surface area contributed by atoms with Gasteiger partial charge in [-0.05, 0) is 24.6 Å². The number of halogens is 4. The number of alkyl halides is 3. The summed E-state index contributed by atoms with van der Waals surface area (Å²) in [6.07, 6.45) is -4.59. The molecule has 1 aromatic rings. The fourth-order valence-corrected chi connectivity index (χ4v) is 1.34. The van der Waals surface area contributed by atoms with Crippen molar-refractivity contribution in [2.75, 3.05) is 0 Å². The Hall–Kier alpha value is -2.07. The van der Waals surface area contributed by atoms with Crippen LogP contribution in [0, 0.1) is 17.7 Å². The van der Waals surface area contributed by atoms with E-state index < -0.39 is 29.6 Å². The van der Waals surface area contributed by atoms with Crippen LogP contribution in [0.15, 0.2) is 18.2 Å². The highest BCUT2D eigenvalue weighted by molar-refractivity contribution is 5.73. The molecule has 0 aliphatic carbocycles. The molecule has 0 aliphatic rings. The monoisotopic (exact) mass is 289 g/mol. The molecular weight excluding hydrogens is 278 g/mol. The van der Waals surface area contributed by atoms with Crippen molar-refractivity contribution in [3.05, 3.63) is 35.1 Å². The molecule has 0 saturated heterocycles. The molecule has 0 radical (unpaired) electrons. The number of nitrogens with two attached hydrogens (primary N) is 1. The van der Waals surface area contributed by atoms with Gasteiger partial charge in [0, 0.05) is 12.0 Å². The van der Waals surface area contributed by atoms with E-state index >= 15 is 0 Å². The molecule has 0 spiro atoms. The van der Waals surface area contributed by atoms with Crippen LogP contribution in [0.3, 0.4) is 0 Å². The minimum absolute atomic E-state index is 0.00243. The number of carbonyl (C=O) groups is 1. The van der Waals surface area contributed by atoms with E-state index in [9.17, 15) is 22.4 Å². The molecule has 0 aromatic heterocycles. The Bertz CT molecular complexity index is 558.